The minimum absolute atomic E-state index is 0.0508. The highest BCUT2D eigenvalue weighted by Crippen LogP contribution is 2.22. The summed E-state index contributed by atoms with van der Waals surface area (Å²) in [7, 11) is 0. The number of benzene rings is 1. The van der Waals surface area contributed by atoms with Gasteiger partial charge in [0.25, 0.3) is 5.69 Å². The van der Waals surface area contributed by atoms with E-state index >= 15 is 0 Å². The zero-order valence-electron chi connectivity index (χ0n) is 10.9. The van der Waals surface area contributed by atoms with Crippen LogP contribution < -0.4 is 5.32 Å². The van der Waals surface area contributed by atoms with Crippen molar-refractivity contribution >= 4 is 11.4 Å². The molecule has 1 N–H and O–H groups in total. The van der Waals surface area contributed by atoms with Crippen LogP contribution in [0, 0.1) is 21.4 Å². The van der Waals surface area contributed by atoms with Crippen LogP contribution in [0.4, 0.5) is 11.4 Å². The summed E-state index contributed by atoms with van der Waals surface area (Å²) < 4.78 is 1.92. The number of aromatic nitrogens is 2. The quantitative estimate of drug-likeness (QED) is 0.664. The molecular weight excluding hydrogens is 258 g/mol. The van der Waals surface area contributed by atoms with Gasteiger partial charge in [-0.3, -0.25) is 10.1 Å². The molecule has 7 heteroatoms. The Morgan fingerprint density at radius 3 is 3.00 bits per heavy atom. The Hall–Kier alpha value is -2.88. The Balaban J connectivity index is 2.10. The number of imidazole rings is 1. The van der Waals surface area contributed by atoms with Gasteiger partial charge in [0, 0.05) is 36.7 Å². The number of nitriles is 1. The van der Waals surface area contributed by atoms with Gasteiger partial charge in [-0.2, -0.15) is 5.26 Å². The molecule has 0 aliphatic carbocycles. The number of nitro benzene ring substituents is 1. The van der Waals surface area contributed by atoms with Gasteiger partial charge in [0.15, 0.2) is 0 Å². The third-order valence-electron chi connectivity index (χ3n) is 2.77. The lowest BCUT2D eigenvalue weighted by Crippen LogP contribution is -2.21. The van der Waals surface area contributed by atoms with E-state index in [2.05, 4.69) is 10.3 Å². The molecule has 1 aromatic carbocycles. The fourth-order valence-corrected chi connectivity index (χ4v) is 1.92. The molecule has 1 unspecified atom stereocenters. The second-order valence-corrected chi connectivity index (χ2v) is 4.41. The number of hydrogen-bond acceptors (Lipinski definition) is 5. The highest BCUT2D eigenvalue weighted by molar-refractivity contribution is 5.58. The minimum Gasteiger partial charge on any atom is -0.381 e. The number of anilines is 1. The molecule has 1 aromatic heterocycles. The molecule has 2 aromatic rings. The maximum Gasteiger partial charge on any atom is 0.287 e. The summed E-state index contributed by atoms with van der Waals surface area (Å²) in [6.07, 6.45) is 5.27. The summed E-state index contributed by atoms with van der Waals surface area (Å²) >= 11 is 0. The van der Waals surface area contributed by atoms with Crippen LogP contribution in [-0.4, -0.2) is 20.5 Å². The van der Waals surface area contributed by atoms with Crippen LogP contribution in [0.2, 0.25) is 0 Å². The van der Waals surface area contributed by atoms with Gasteiger partial charge in [0.1, 0.15) is 11.6 Å². The lowest BCUT2D eigenvalue weighted by molar-refractivity contribution is -0.385. The van der Waals surface area contributed by atoms with E-state index in [-0.39, 0.29) is 17.3 Å². The lowest BCUT2D eigenvalue weighted by Gasteiger charge is -2.15. The standard InChI is InChI=1S/C13H13N5O2/c1-10(8-17-5-4-15-9-17)16-12-2-3-13(18(19)20)11(6-12)7-14/h2-6,9-10,16H,8H2,1H3. The molecule has 102 valence electrons. The first kappa shape index (κ1) is 13.5. The van der Waals surface area contributed by atoms with E-state index in [4.69, 9.17) is 5.26 Å². The maximum absolute atomic E-state index is 10.7. The van der Waals surface area contributed by atoms with Crippen molar-refractivity contribution in [1.82, 2.24) is 9.55 Å². The van der Waals surface area contributed by atoms with Gasteiger partial charge >= 0.3 is 0 Å². The average molecular weight is 271 g/mol. The van der Waals surface area contributed by atoms with E-state index in [1.54, 1.807) is 18.6 Å². The van der Waals surface area contributed by atoms with E-state index < -0.39 is 4.92 Å². The van der Waals surface area contributed by atoms with Crippen LogP contribution in [0.25, 0.3) is 0 Å². The first-order valence-corrected chi connectivity index (χ1v) is 6.01. The SMILES string of the molecule is CC(Cn1ccnc1)Nc1ccc([N+](=O)[O-])c(C#N)c1. The number of rotatable bonds is 5. The first-order chi connectivity index (χ1) is 9.60. The van der Waals surface area contributed by atoms with Gasteiger partial charge < -0.3 is 9.88 Å². The zero-order chi connectivity index (χ0) is 14.5. The van der Waals surface area contributed by atoms with Crippen molar-refractivity contribution in [3.05, 3.63) is 52.6 Å². The Kier molecular flexibility index (Phi) is 3.96. The molecule has 7 nitrogen and oxygen atoms in total. The maximum atomic E-state index is 10.7. The highest BCUT2D eigenvalue weighted by atomic mass is 16.6. The monoisotopic (exact) mass is 271 g/mol. The molecule has 1 atom stereocenters. The van der Waals surface area contributed by atoms with Gasteiger partial charge in [-0.05, 0) is 19.1 Å². The molecule has 1 heterocycles. The van der Waals surface area contributed by atoms with Crippen molar-refractivity contribution in [3.63, 3.8) is 0 Å². The van der Waals surface area contributed by atoms with Crippen molar-refractivity contribution < 1.29 is 4.92 Å². The van der Waals surface area contributed by atoms with Crippen LogP contribution >= 0.6 is 0 Å². The molecule has 20 heavy (non-hydrogen) atoms. The summed E-state index contributed by atoms with van der Waals surface area (Å²) in [5, 5.41) is 22.9. The second-order valence-electron chi connectivity index (χ2n) is 4.41. The number of hydrogen-bond donors (Lipinski definition) is 1. The second kappa shape index (κ2) is 5.84. The van der Waals surface area contributed by atoms with Crippen LogP contribution in [-0.2, 0) is 6.54 Å². The van der Waals surface area contributed by atoms with Crippen molar-refractivity contribution in [2.24, 2.45) is 0 Å². The van der Waals surface area contributed by atoms with Gasteiger partial charge in [-0.1, -0.05) is 0 Å². The predicted octanol–water partition coefficient (Wildman–Crippen LogP) is 2.16. The summed E-state index contributed by atoms with van der Waals surface area (Å²) in [4.78, 5) is 14.1. The van der Waals surface area contributed by atoms with E-state index in [0.29, 0.717) is 12.2 Å². The number of nitro groups is 1. The van der Waals surface area contributed by atoms with E-state index in [9.17, 15) is 10.1 Å². The van der Waals surface area contributed by atoms with Crippen molar-refractivity contribution in [2.45, 2.75) is 19.5 Å². The normalized spacial score (nSPS) is 11.6. The van der Waals surface area contributed by atoms with E-state index in [0.717, 1.165) is 0 Å². The third kappa shape index (κ3) is 3.11. The number of nitrogens with one attached hydrogen (secondary N) is 1. The minimum atomic E-state index is -0.558. The topological polar surface area (TPSA) is 96.8 Å². The Bertz CT molecular complexity index is 645. The van der Waals surface area contributed by atoms with Crippen LogP contribution in [0.5, 0.6) is 0 Å². The molecule has 0 amide bonds. The molecule has 2 rings (SSSR count). The summed E-state index contributed by atoms with van der Waals surface area (Å²) in [6.45, 7) is 2.69. The molecule has 0 aliphatic rings. The smallest absolute Gasteiger partial charge is 0.287 e. The molecule has 0 saturated carbocycles. The molecule has 0 radical (unpaired) electrons. The van der Waals surface area contributed by atoms with Crippen molar-refractivity contribution in [1.29, 1.82) is 5.26 Å². The summed E-state index contributed by atoms with van der Waals surface area (Å²) in [5.74, 6) is 0. The zero-order valence-corrected chi connectivity index (χ0v) is 10.9. The largest absolute Gasteiger partial charge is 0.381 e. The molecule has 0 aliphatic heterocycles. The third-order valence-corrected chi connectivity index (χ3v) is 2.77. The van der Waals surface area contributed by atoms with Crippen LogP contribution in [0.15, 0.2) is 36.9 Å². The van der Waals surface area contributed by atoms with Gasteiger partial charge in [-0.15, -0.1) is 0 Å². The van der Waals surface area contributed by atoms with Gasteiger partial charge in [0.2, 0.25) is 0 Å². The molecule has 0 fully saturated rings. The first-order valence-electron chi connectivity index (χ1n) is 6.01. The Morgan fingerprint density at radius 1 is 1.60 bits per heavy atom. The number of nitrogens with zero attached hydrogens (tertiary/aromatic N) is 4. The Labute approximate surface area is 115 Å². The molecule has 0 spiro atoms. The van der Waals surface area contributed by atoms with Crippen molar-refractivity contribution in [2.75, 3.05) is 5.32 Å². The van der Waals surface area contributed by atoms with Gasteiger partial charge in [0.05, 0.1) is 11.3 Å². The van der Waals surface area contributed by atoms with E-state index in [1.165, 1.54) is 12.1 Å². The lowest BCUT2D eigenvalue weighted by atomic mass is 10.1. The van der Waals surface area contributed by atoms with Gasteiger partial charge in [-0.25, -0.2) is 4.98 Å². The molecular formula is C13H13N5O2. The van der Waals surface area contributed by atoms with E-state index in [1.807, 2.05) is 23.8 Å². The Morgan fingerprint density at radius 2 is 2.40 bits per heavy atom. The molecule has 0 saturated heterocycles. The fourth-order valence-electron chi connectivity index (χ4n) is 1.92. The van der Waals surface area contributed by atoms with Crippen LogP contribution in [0.3, 0.4) is 0 Å². The highest BCUT2D eigenvalue weighted by Gasteiger charge is 2.14. The predicted molar refractivity (Wildman–Crippen MR) is 73.1 cm³/mol. The summed E-state index contributed by atoms with van der Waals surface area (Å²) in [5.41, 5.74) is 0.551. The molecule has 0 bridgehead atoms. The fraction of sp³-hybridized carbons (Fsp3) is 0.231. The van der Waals surface area contributed by atoms with Crippen LogP contribution in [0.1, 0.15) is 12.5 Å². The summed E-state index contributed by atoms with van der Waals surface area (Å²) in [6, 6.07) is 6.36. The van der Waals surface area contributed by atoms with Crippen molar-refractivity contribution in [3.8, 4) is 6.07 Å². The average Bonchev–Trinajstić information content (AvgIpc) is 2.90.